The third kappa shape index (κ3) is 2.17. The first-order valence-corrected chi connectivity index (χ1v) is 4.33. The van der Waals surface area contributed by atoms with E-state index < -0.39 is 0 Å². The monoisotopic (exact) mass is 180 g/mol. The van der Waals surface area contributed by atoms with Crippen LogP contribution in [0.25, 0.3) is 0 Å². The highest BCUT2D eigenvalue weighted by Crippen LogP contribution is 2.23. The van der Waals surface area contributed by atoms with Crippen LogP contribution >= 0.6 is 0 Å². The molecular weight excluding hydrogens is 164 g/mol. The zero-order chi connectivity index (χ0) is 10.1. The van der Waals surface area contributed by atoms with E-state index in [9.17, 15) is 0 Å². The van der Waals surface area contributed by atoms with E-state index in [1.54, 1.807) is 13.3 Å². The molecule has 0 saturated heterocycles. The lowest BCUT2D eigenvalue weighted by molar-refractivity contribution is 0.392. The summed E-state index contributed by atoms with van der Waals surface area (Å²) in [6.07, 6.45) is 1.66. The maximum Gasteiger partial charge on any atom is 0.232 e. The Morgan fingerprint density at radius 3 is 2.31 bits per heavy atom. The zero-order valence-electron chi connectivity index (χ0n) is 8.88. The molecule has 0 aliphatic heterocycles. The molecule has 0 spiro atoms. The van der Waals surface area contributed by atoms with Gasteiger partial charge in [-0.1, -0.05) is 20.8 Å². The third-order valence-corrected chi connectivity index (χ3v) is 1.84. The van der Waals surface area contributed by atoms with E-state index in [1.807, 2.05) is 6.92 Å². The molecule has 1 rings (SSSR count). The number of ether oxygens (including phenoxy) is 1. The maximum atomic E-state index is 4.99. The summed E-state index contributed by atoms with van der Waals surface area (Å²) in [6, 6.07) is 0. The molecule has 0 aliphatic carbocycles. The molecule has 3 nitrogen and oxygen atoms in total. The van der Waals surface area contributed by atoms with Crippen molar-refractivity contribution in [2.45, 2.75) is 33.1 Å². The SMILES string of the molecule is COc1cnc(C(C)(C)C)c(C)n1. The normalized spacial score (nSPS) is 11.5. The van der Waals surface area contributed by atoms with Gasteiger partial charge in [-0.05, 0) is 6.92 Å². The second-order valence-electron chi connectivity index (χ2n) is 4.10. The number of aromatic nitrogens is 2. The van der Waals surface area contributed by atoms with E-state index in [4.69, 9.17) is 4.74 Å². The van der Waals surface area contributed by atoms with Gasteiger partial charge in [0, 0.05) is 5.41 Å². The molecule has 0 aliphatic rings. The highest BCUT2D eigenvalue weighted by molar-refractivity contribution is 5.21. The molecule has 72 valence electrons. The quantitative estimate of drug-likeness (QED) is 0.663. The van der Waals surface area contributed by atoms with Gasteiger partial charge in [0.25, 0.3) is 0 Å². The predicted octanol–water partition coefficient (Wildman–Crippen LogP) is 2.09. The van der Waals surface area contributed by atoms with Gasteiger partial charge in [-0.3, -0.25) is 4.98 Å². The standard InChI is InChI=1S/C10H16N2O/c1-7-9(10(2,3)4)11-6-8(12-7)13-5/h6H,1-5H3. The Bertz CT molecular complexity index is 302. The molecule has 1 aromatic heterocycles. The molecule has 0 saturated carbocycles. The first kappa shape index (κ1) is 9.96. The van der Waals surface area contributed by atoms with Crippen molar-refractivity contribution in [2.24, 2.45) is 0 Å². The van der Waals surface area contributed by atoms with E-state index >= 15 is 0 Å². The highest BCUT2D eigenvalue weighted by atomic mass is 16.5. The summed E-state index contributed by atoms with van der Waals surface area (Å²) < 4.78 is 4.99. The van der Waals surface area contributed by atoms with Crippen molar-refractivity contribution >= 4 is 0 Å². The third-order valence-electron chi connectivity index (χ3n) is 1.84. The fourth-order valence-corrected chi connectivity index (χ4v) is 1.29. The van der Waals surface area contributed by atoms with Crippen LogP contribution in [0.1, 0.15) is 32.2 Å². The molecule has 1 aromatic rings. The van der Waals surface area contributed by atoms with Crippen molar-refractivity contribution < 1.29 is 4.74 Å². The molecule has 0 unspecified atom stereocenters. The van der Waals surface area contributed by atoms with Gasteiger partial charge in [0.1, 0.15) is 0 Å². The first-order valence-electron chi connectivity index (χ1n) is 4.33. The fourth-order valence-electron chi connectivity index (χ4n) is 1.29. The predicted molar refractivity (Wildman–Crippen MR) is 52.0 cm³/mol. The van der Waals surface area contributed by atoms with Crippen LogP contribution < -0.4 is 4.74 Å². The molecule has 3 heteroatoms. The van der Waals surface area contributed by atoms with Crippen LogP contribution in [0.2, 0.25) is 0 Å². The van der Waals surface area contributed by atoms with Crippen molar-refractivity contribution in [3.8, 4) is 5.88 Å². The number of hydrogen-bond acceptors (Lipinski definition) is 3. The van der Waals surface area contributed by atoms with Crippen LogP contribution in [0.5, 0.6) is 5.88 Å². The summed E-state index contributed by atoms with van der Waals surface area (Å²) >= 11 is 0. The molecular formula is C10H16N2O. The van der Waals surface area contributed by atoms with Gasteiger partial charge in [0.15, 0.2) is 0 Å². The van der Waals surface area contributed by atoms with Gasteiger partial charge in [-0.15, -0.1) is 0 Å². The van der Waals surface area contributed by atoms with Crippen LogP contribution in [0.4, 0.5) is 0 Å². The van der Waals surface area contributed by atoms with Crippen LogP contribution in [0, 0.1) is 6.92 Å². The van der Waals surface area contributed by atoms with Crippen molar-refractivity contribution in [1.82, 2.24) is 9.97 Å². The number of hydrogen-bond donors (Lipinski definition) is 0. The molecule has 0 N–H and O–H groups in total. The van der Waals surface area contributed by atoms with Crippen LogP contribution in [-0.2, 0) is 5.41 Å². The number of rotatable bonds is 1. The topological polar surface area (TPSA) is 35.0 Å². The fraction of sp³-hybridized carbons (Fsp3) is 0.600. The molecule has 0 aromatic carbocycles. The van der Waals surface area contributed by atoms with Gasteiger partial charge in [0.05, 0.1) is 24.7 Å². The number of methoxy groups -OCH3 is 1. The lowest BCUT2D eigenvalue weighted by Crippen LogP contribution is -2.16. The minimum Gasteiger partial charge on any atom is -0.480 e. The number of aryl methyl sites for hydroxylation is 1. The minimum absolute atomic E-state index is 0.0450. The molecule has 13 heavy (non-hydrogen) atoms. The summed E-state index contributed by atoms with van der Waals surface area (Å²) in [5.74, 6) is 0.575. The molecule has 1 heterocycles. The van der Waals surface area contributed by atoms with E-state index in [-0.39, 0.29) is 5.41 Å². The largest absolute Gasteiger partial charge is 0.480 e. The zero-order valence-corrected chi connectivity index (χ0v) is 8.88. The second-order valence-corrected chi connectivity index (χ2v) is 4.10. The number of nitrogens with zero attached hydrogens (tertiary/aromatic N) is 2. The summed E-state index contributed by atoms with van der Waals surface area (Å²) in [5, 5.41) is 0. The molecule has 0 radical (unpaired) electrons. The van der Waals surface area contributed by atoms with Gasteiger partial charge < -0.3 is 4.74 Å². The highest BCUT2D eigenvalue weighted by Gasteiger charge is 2.18. The summed E-state index contributed by atoms with van der Waals surface area (Å²) in [7, 11) is 1.60. The Labute approximate surface area is 79.2 Å². The molecule has 0 bridgehead atoms. The van der Waals surface area contributed by atoms with Crippen molar-refractivity contribution in [3.63, 3.8) is 0 Å². The summed E-state index contributed by atoms with van der Waals surface area (Å²) in [5.41, 5.74) is 2.00. The Kier molecular flexibility index (Phi) is 2.55. The van der Waals surface area contributed by atoms with Crippen LogP contribution in [-0.4, -0.2) is 17.1 Å². The van der Waals surface area contributed by atoms with Gasteiger partial charge >= 0.3 is 0 Å². The second kappa shape index (κ2) is 3.32. The Balaban J connectivity index is 3.13. The summed E-state index contributed by atoms with van der Waals surface area (Å²) in [6.45, 7) is 8.32. The Hall–Kier alpha value is -1.12. The summed E-state index contributed by atoms with van der Waals surface area (Å²) in [4.78, 5) is 8.61. The van der Waals surface area contributed by atoms with Gasteiger partial charge in [-0.25, -0.2) is 4.98 Å². The van der Waals surface area contributed by atoms with E-state index in [0.717, 1.165) is 11.4 Å². The lowest BCUT2D eigenvalue weighted by Gasteiger charge is -2.19. The van der Waals surface area contributed by atoms with Gasteiger partial charge in [0.2, 0.25) is 5.88 Å². The smallest absolute Gasteiger partial charge is 0.232 e. The van der Waals surface area contributed by atoms with E-state index in [0.29, 0.717) is 5.88 Å². The van der Waals surface area contributed by atoms with E-state index in [1.165, 1.54) is 0 Å². The Morgan fingerprint density at radius 2 is 1.92 bits per heavy atom. The lowest BCUT2D eigenvalue weighted by atomic mass is 9.90. The van der Waals surface area contributed by atoms with Crippen molar-refractivity contribution in [1.29, 1.82) is 0 Å². The molecule has 0 amide bonds. The van der Waals surface area contributed by atoms with Crippen LogP contribution in [0.3, 0.4) is 0 Å². The average molecular weight is 180 g/mol. The van der Waals surface area contributed by atoms with E-state index in [2.05, 4.69) is 30.7 Å². The Morgan fingerprint density at radius 1 is 1.31 bits per heavy atom. The molecule has 0 fully saturated rings. The maximum absolute atomic E-state index is 4.99. The molecule has 0 atom stereocenters. The van der Waals surface area contributed by atoms with Crippen molar-refractivity contribution in [2.75, 3.05) is 7.11 Å². The minimum atomic E-state index is 0.0450. The van der Waals surface area contributed by atoms with Crippen molar-refractivity contribution in [3.05, 3.63) is 17.6 Å². The van der Waals surface area contributed by atoms with Gasteiger partial charge in [-0.2, -0.15) is 0 Å². The van der Waals surface area contributed by atoms with Crippen LogP contribution in [0.15, 0.2) is 6.20 Å². The average Bonchev–Trinajstić information content (AvgIpc) is 2.01. The first-order chi connectivity index (χ1) is 5.95.